The van der Waals surface area contributed by atoms with Gasteiger partial charge in [0.1, 0.15) is 0 Å². The van der Waals surface area contributed by atoms with E-state index in [4.69, 9.17) is 0 Å². The normalized spacial score (nSPS) is 13.4. The Morgan fingerprint density at radius 1 is 1.19 bits per heavy atom. The molecule has 0 radical (unpaired) electrons. The van der Waals surface area contributed by atoms with Crippen LogP contribution in [0.4, 0.5) is 0 Å². The summed E-state index contributed by atoms with van der Waals surface area (Å²) in [6.45, 7) is 5.31. The van der Waals surface area contributed by atoms with Crippen LogP contribution in [0.25, 0.3) is 0 Å². The van der Waals surface area contributed by atoms with E-state index in [0.29, 0.717) is 23.8 Å². The van der Waals surface area contributed by atoms with Crippen LogP contribution >= 0.6 is 21.6 Å². The maximum atomic E-state index is 11.9. The van der Waals surface area contributed by atoms with Gasteiger partial charge in [0, 0.05) is 37.9 Å². The standard InChI is InChI=1S/C14H26N2O3S2/c1-10(6-7-13(18)15-4)21-20-9-8-14(19)16(5)11(2)12(3)17/h10-11H,6-9H2,1-5H3,(H,15,18)/t10?,11-/m0/s1. The number of hydrogen-bond acceptors (Lipinski definition) is 5. The van der Waals surface area contributed by atoms with Gasteiger partial charge in [-0.05, 0) is 20.3 Å². The van der Waals surface area contributed by atoms with Crippen molar-refractivity contribution in [3.8, 4) is 0 Å². The molecule has 0 bridgehead atoms. The summed E-state index contributed by atoms with van der Waals surface area (Å²) >= 11 is 0. The molecule has 0 aliphatic carbocycles. The van der Waals surface area contributed by atoms with Gasteiger partial charge in [-0.3, -0.25) is 14.4 Å². The molecule has 0 aliphatic rings. The minimum atomic E-state index is -0.360. The molecular formula is C14H26N2O3S2. The van der Waals surface area contributed by atoms with Crippen molar-refractivity contribution >= 4 is 39.2 Å². The van der Waals surface area contributed by atoms with E-state index in [1.165, 1.54) is 11.8 Å². The zero-order chi connectivity index (χ0) is 16.4. The first kappa shape index (κ1) is 20.3. The van der Waals surface area contributed by atoms with Crippen LogP contribution in [-0.4, -0.2) is 53.6 Å². The van der Waals surface area contributed by atoms with Crippen molar-refractivity contribution in [2.45, 2.75) is 51.3 Å². The van der Waals surface area contributed by atoms with Crippen LogP contribution in [0.3, 0.4) is 0 Å². The third-order valence-electron chi connectivity index (χ3n) is 3.25. The van der Waals surface area contributed by atoms with Gasteiger partial charge in [0.2, 0.25) is 11.8 Å². The fraction of sp³-hybridized carbons (Fsp3) is 0.786. The largest absolute Gasteiger partial charge is 0.359 e. The summed E-state index contributed by atoms with van der Waals surface area (Å²) in [4.78, 5) is 35.7. The molecule has 1 unspecified atom stereocenters. The number of Topliss-reactive ketones (excluding diaryl/α,β-unsaturated/α-hetero) is 1. The highest BCUT2D eigenvalue weighted by atomic mass is 33.1. The number of amides is 2. The fourth-order valence-electron chi connectivity index (χ4n) is 1.47. The van der Waals surface area contributed by atoms with Gasteiger partial charge >= 0.3 is 0 Å². The Labute approximate surface area is 135 Å². The van der Waals surface area contributed by atoms with Gasteiger partial charge in [0.15, 0.2) is 5.78 Å². The first-order valence-electron chi connectivity index (χ1n) is 7.04. The quantitative estimate of drug-likeness (QED) is 0.489. The second kappa shape index (κ2) is 11.0. The molecule has 0 saturated heterocycles. The first-order chi connectivity index (χ1) is 9.79. The van der Waals surface area contributed by atoms with Gasteiger partial charge in [-0.15, -0.1) is 0 Å². The summed E-state index contributed by atoms with van der Waals surface area (Å²) in [7, 11) is 6.64. The lowest BCUT2D eigenvalue weighted by molar-refractivity contribution is -0.136. The average molecular weight is 335 g/mol. The highest BCUT2D eigenvalue weighted by Crippen LogP contribution is 2.29. The Morgan fingerprint density at radius 3 is 2.33 bits per heavy atom. The van der Waals surface area contributed by atoms with E-state index in [0.717, 1.165) is 6.42 Å². The minimum absolute atomic E-state index is 0.00398. The molecule has 122 valence electrons. The summed E-state index contributed by atoms with van der Waals surface area (Å²) in [5.74, 6) is 0.755. The van der Waals surface area contributed by atoms with Crippen LogP contribution in [0.5, 0.6) is 0 Å². The minimum Gasteiger partial charge on any atom is -0.359 e. The Balaban J connectivity index is 3.82. The highest BCUT2D eigenvalue weighted by molar-refractivity contribution is 8.76. The Kier molecular flexibility index (Phi) is 10.6. The van der Waals surface area contributed by atoms with E-state index < -0.39 is 0 Å². The number of carbonyl (C=O) groups is 3. The molecule has 0 rings (SSSR count). The molecule has 21 heavy (non-hydrogen) atoms. The molecule has 0 aromatic heterocycles. The molecule has 1 N–H and O–H groups in total. The summed E-state index contributed by atoms with van der Waals surface area (Å²) in [5.41, 5.74) is 0. The fourth-order valence-corrected chi connectivity index (χ4v) is 3.79. The topological polar surface area (TPSA) is 66.5 Å². The van der Waals surface area contributed by atoms with Crippen molar-refractivity contribution in [1.29, 1.82) is 0 Å². The molecule has 0 aliphatic heterocycles. The molecule has 5 nitrogen and oxygen atoms in total. The predicted molar refractivity (Wildman–Crippen MR) is 90.3 cm³/mol. The summed E-state index contributed by atoms with van der Waals surface area (Å²) < 4.78 is 0. The van der Waals surface area contributed by atoms with Crippen LogP contribution in [0.2, 0.25) is 0 Å². The summed E-state index contributed by atoms with van der Waals surface area (Å²) in [6.07, 6.45) is 1.78. The molecule has 0 saturated carbocycles. The van der Waals surface area contributed by atoms with E-state index in [9.17, 15) is 14.4 Å². The maximum absolute atomic E-state index is 11.9. The summed E-state index contributed by atoms with van der Waals surface area (Å²) in [5, 5.41) is 2.97. The van der Waals surface area contributed by atoms with Crippen molar-refractivity contribution in [2.75, 3.05) is 19.8 Å². The SMILES string of the molecule is CNC(=O)CCC(C)SSCCC(=O)N(C)[C@@H](C)C(C)=O. The number of hydrogen-bond donors (Lipinski definition) is 1. The molecule has 0 aromatic rings. The van der Waals surface area contributed by atoms with Crippen molar-refractivity contribution in [3.05, 3.63) is 0 Å². The van der Waals surface area contributed by atoms with E-state index in [1.54, 1.807) is 42.6 Å². The smallest absolute Gasteiger partial charge is 0.223 e. The number of ketones is 1. The molecule has 0 spiro atoms. The molecule has 0 heterocycles. The lowest BCUT2D eigenvalue weighted by atomic mass is 10.2. The van der Waals surface area contributed by atoms with Crippen LogP contribution in [-0.2, 0) is 14.4 Å². The maximum Gasteiger partial charge on any atom is 0.223 e. The third-order valence-corrected chi connectivity index (χ3v) is 6.22. The lowest BCUT2D eigenvalue weighted by Gasteiger charge is -2.22. The van der Waals surface area contributed by atoms with Crippen molar-refractivity contribution in [1.82, 2.24) is 10.2 Å². The number of likely N-dealkylation sites (N-methyl/N-ethyl adjacent to an activating group) is 1. The van der Waals surface area contributed by atoms with Gasteiger partial charge < -0.3 is 10.2 Å². The highest BCUT2D eigenvalue weighted by Gasteiger charge is 2.18. The molecule has 2 amide bonds. The average Bonchev–Trinajstić information content (AvgIpc) is 2.46. The van der Waals surface area contributed by atoms with Gasteiger partial charge in [0.05, 0.1) is 6.04 Å². The van der Waals surface area contributed by atoms with Gasteiger partial charge in [-0.25, -0.2) is 0 Å². The van der Waals surface area contributed by atoms with Crippen molar-refractivity contribution < 1.29 is 14.4 Å². The molecule has 0 aromatic carbocycles. The molecule has 7 heteroatoms. The number of carbonyl (C=O) groups excluding carboxylic acids is 3. The monoisotopic (exact) mass is 334 g/mol. The van der Waals surface area contributed by atoms with Crippen LogP contribution in [0.1, 0.15) is 40.0 Å². The van der Waals surface area contributed by atoms with E-state index >= 15 is 0 Å². The van der Waals surface area contributed by atoms with E-state index in [2.05, 4.69) is 12.2 Å². The molecule has 0 fully saturated rings. The Hall–Kier alpha value is -0.690. The number of nitrogens with one attached hydrogen (secondary N) is 1. The van der Waals surface area contributed by atoms with Gasteiger partial charge in [-0.2, -0.15) is 0 Å². The lowest BCUT2D eigenvalue weighted by Crippen LogP contribution is -2.39. The van der Waals surface area contributed by atoms with Crippen LogP contribution in [0.15, 0.2) is 0 Å². The first-order valence-corrected chi connectivity index (χ1v) is 9.42. The summed E-state index contributed by atoms with van der Waals surface area (Å²) in [6, 6.07) is -0.360. The molecular weight excluding hydrogens is 308 g/mol. The van der Waals surface area contributed by atoms with Crippen LogP contribution in [0, 0.1) is 0 Å². The van der Waals surface area contributed by atoms with Gasteiger partial charge in [0.25, 0.3) is 0 Å². The number of rotatable bonds is 10. The third kappa shape index (κ3) is 9.03. The Bertz CT molecular complexity index is 364. The van der Waals surface area contributed by atoms with Crippen molar-refractivity contribution in [3.63, 3.8) is 0 Å². The second-order valence-electron chi connectivity index (χ2n) is 4.98. The van der Waals surface area contributed by atoms with Crippen molar-refractivity contribution in [2.24, 2.45) is 0 Å². The zero-order valence-electron chi connectivity index (χ0n) is 13.5. The number of nitrogens with zero attached hydrogens (tertiary/aromatic N) is 1. The molecule has 2 atom stereocenters. The predicted octanol–water partition coefficient (Wildman–Crippen LogP) is 2.11. The Morgan fingerprint density at radius 2 is 1.81 bits per heavy atom. The van der Waals surface area contributed by atoms with E-state index in [1.807, 2.05) is 0 Å². The zero-order valence-corrected chi connectivity index (χ0v) is 15.1. The van der Waals surface area contributed by atoms with Crippen LogP contribution < -0.4 is 5.32 Å². The van der Waals surface area contributed by atoms with E-state index in [-0.39, 0.29) is 23.6 Å². The second-order valence-corrected chi connectivity index (χ2v) is 7.91. The van der Waals surface area contributed by atoms with Gasteiger partial charge in [-0.1, -0.05) is 28.5 Å².